The van der Waals surface area contributed by atoms with Crippen LogP contribution in [0.3, 0.4) is 0 Å². The molecule has 3 aromatic carbocycles. The number of hydrogen-bond donors (Lipinski definition) is 0. The predicted molar refractivity (Wildman–Crippen MR) is 102 cm³/mol. The van der Waals surface area contributed by atoms with Crippen LogP contribution in [0, 0.1) is 0 Å². The Hall–Kier alpha value is -2.37. The molecule has 0 spiro atoms. The second kappa shape index (κ2) is 6.02. The summed E-state index contributed by atoms with van der Waals surface area (Å²) < 4.78 is 2.35. The van der Waals surface area contributed by atoms with E-state index in [-0.39, 0.29) is 0 Å². The Labute approximate surface area is 138 Å². The minimum Gasteiger partial charge on any atom is -0.343 e. The number of aromatic nitrogens is 1. The number of nitrogens with zero attached hydrogens (tertiary/aromatic N) is 1. The summed E-state index contributed by atoms with van der Waals surface area (Å²) in [5.74, 6) is 0. The molecule has 23 heavy (non-hydrogen) atoms. The van der Waals surface area contributed by atoms with Crippen LogP contribution in [0.5, 0.6) is 0 Å². The zero-order chi connectivity index (χ0) is 15.6. The third-order valence-electron chi connectivity index (χ3n) is 4.18. The van der Waals surface area contributed by atoms with Gasteiger partial charge in [0.05, 0.1) is 5.44 Å². The molecule has 112 valence electrons. The first-order chi connectivity index (χ1) is 11.3. The van der Waals surface area contributed by atoms with Crippen molar-refractivity contribution < 1.29 is 0 Å². The molecular formula is C21H18NP. The van der Waals surface area contributed by atoms with Crippen molar-refractivity contribution in [2.45, 2.75) is 0 Å². The van der Waals surface area contributed by atoms with Crippen LogP contribution in [0.2, 0.25) is 0 Å². The molecule has 0 saturated heterocycles. The fraction of sp³-hybridized carbons (Fsp3) is 0.0476. The molecule has 0 bridgehead atoms. The highest BCUT2D eigenvalue weighted by atomic mass is 31.1. The summed E-state index contributed by atoms with van der Waals surface area (Å²) in [4.78, 5) is 0. The number of fused-ring (bicyclic) bond motifs is 1. The van der Waals surface area contributed by atoms with Gasteiger partial charge in [0.25, 0.3) is 0 Å². The number of hydrogen-bond acceptors (Lipinski definition) is 0. The van der Waals surface area contributed by atoms with Crippen molar-refractivity contribution in [2.75, 3.05) is 0 Å². The maximum Gasteiger partial charge on any atom is 0.0509 e. The standard InChI is InChI=1S/C21H18NP/c1-22-20-15-9-8-10-17(20)16-21(22)23(18-11-4-2-5-12-18)19-13-6-3-7-14-19/h2-16H,1H3. The topological polar surface area (TPSA) is 4.93 Å². The quantitative estimate of drug-likeness (QED) is 0.505. The molecule has 0 unspecified atom stereocenters. The predicted octanol–water partition coefficient (Wildman–Crippen LogP) is 3.94. The minimum absolute atomic E-state index is 0.551. The zero-order valence-electron chi connectivity index (χ0n) is 13.1. The highest BCUT2D eigenvalue weighted by Gasteiger charge is 2.20. The van der Waals surface area contributed by atoms with E-state index in [1.54, 1.807) is 0 Å². The molecule has 0 aliphatic carbocycles. The van der Waals surface area contributed by atoms with Crippen LogP contribution in [0.4, 0.5) is 0 Å². The van der Waals surface area contributed by atoms with E-state index in [9.17, 15) is 0 Å². The molecular weight excluding hydrogens is 297 g/mol. The van der Waals surface area contributed by atoms with Gasteiger partial charge in [0.2, 0.25) is 0 Å². The monoisotopic (exact) mass is 315 g/mol. The molecule has 1 aromatic heterocycles. The van der Waals surface area contributed by atoms with Gasteiger partial charge in [0, 0.05) is 25.9 Å². The Bertz CT molecular complexity index is 886. The maximum atomic E-state index is 2.35. The fourth-order valence-corrected chi connectivity index (χ4v) is 5.50. The van der Waals surface area contributed by atoms with Gasteiger partial charge in [-0.25, -0.2) is 0 Å². The maximum absolute atomic E-state index is 2.35. The second-order valence-corrected chi connectivity index (χ2v) is 7.79. The Morgan fingerprint density at radius 1 is 0.652 bits per heavy atom. The second-order valence-electron chi connectivity index (χ2n) is 5.63. The van der Waals surface area contributed by atoms with E-state index in [2.05, 4.69) is 103 Å². The summed E-state index contributed by atoms with van der Waals surface area (Å²) in [6.45, 7) is 0. The van der Waals surface area contributed by atoms with E-state index < -0.39 is 7.92 Å². The largest absolute Gasteiger partial charge is 0.343 e. The van der Waals surface area contributed by atoms with Gasteiger partial charge in [0.1, 0.15) is 0 Å². The van der Waals surface area contributed by atoms with Gasteiger partial charge in [-0.15, -0.1) is 0 Å². The van der Waals surface area contributed by atoms with Gasteiger partial charge < -0.3 is 4.57 Å². The lowest BCUT2D eigenvalue weighted by molar-refractivity contribution is 1.00. The molecule has 0 saturated carbocycles. The van der Waals surface area contributed by atoms with Crippen molar-refractivity contribution in [1.29, 1.82) is 0 Å². The van der Waals surface area contributed by atoms with Crippen LogP contribution in [0.15, 0.2) is 91.0 Å². The van der Waals surface area contributed by atoms with Gasteiger partial charge >= 0.3 is 0 Å². The number of rotatable bonds is 3. The van der Waals surface area contributed by atoms with E-state index in [1.807, 2.05) is 0 Å². The molecule has 0 N–H and O–H groups in total. The highest BCUT2D eigenvalue weighted by Crippen LogP contribution is 2.34. The van der Waals surface area contributed by atoms with E-state index in [0.29, 0.717) is 0 Å². The number of aryl methyl sites for hydroxylation is 1. The van der Waals surface area contributed by atoms with E-state index in [4.69, 9.17) is 0 Å². The minimum atomic E-state index is -0.551. The molecule has 0 radical (unpaired) electrons. The zero-order valence-corrected chi connectivity index (χ0v) is 13.9. The molecule has 0 atom stereocenters. The lowest BCUT2D eigenvalue weighted by atomic mass is 10.2. The van der Waals surface area contributed by atoms with Gasteiger partial charge in [-0.1, -0.05) is 78.9 Å². The van der Waals surface area contributed by atoms with E-state index in [1.165, 1.54) is 26.9 Å². The SMILES string of the molecule is Cn1c(P(c2ccccc2)c2ccccc2)cc2ccccc21. The average Bonchev–Trinajstić information content (AvgIpc) is 2.94. The van der Waals surface area contributed by atoms with Crippen molar-refractivity contribution in [3.63, 3.8) is 0 Å². The van der Waals surface area contributed by atoms with Gasteiger partial charge in [-0.2, -0.15) is 0 Å². The van der Waals surface area contributed by atoms with Crippen LogP contribution >= 0.6 is 7.92 Å². The normalized spacial score (nSPS) is 11.2. The van der Waals surface area contributed by atoms with Crippen molar-refractivity contribution in [2.24, 2.45) is 7.05 Å². The Morgan fingerprint density at radius 2 is 1.17 bits per heavy atom. The van der Waals surface area contributed by atoms with E-state index >= 15 is 0 Å². The van der Waals surface area contributed by atoms with Gasteiger partial charge in [-0.05, 0) is 22.7 Å². The first-order valence-corrected chi connectivity index (χ1v) is 9.13. The summed E-state index contributed by atoms with van der Waals surface area (Å²) in [6.07, 6.45) is 0. The summed E-state index contributed by atoms with van der Waals surface area (Å²) in [7, 11) is 1.63. The molecule has 4 aromatic rings. The fourth-order valence-electron chi connectivity index (χ4n) is 3.06. The lowest BCUT2D eigenvalue weighted by Gasteiger charge is -2.19. The van der Waals surface area contributed by atoms with Gasteiger partial charge in [-0.3, -0.25) is 0 Å². The van der Waals surface area contributed by atoms with Crippen LogP contribution < -0.4 is 16.0 Å². The first kappa shape index (κ1) is 14.2. The summed E-state index contributed by atoms with van der Waals surface area (Å²) >= 11 is 0. The Kier molecular flexibility index (Phi) is 3.73. The molecule has 0 aliphatic heterocycles. The van der Waals surface area contributed by atoms with Crippen molar-refractivity contribution in [1.82, 2.24) is 4.57 Å². The molecule has 1 nitrogen and oxygen atoms in total. The van der Waals surface area contributed by atoms with Crippen molar-refractivity contribution >= 4 is 34.9 Å². The van der Waals surface area contributed by atoms with Crippen molar-refractivity contribution in [3.8, 4) is 0 Å². The lowest BCUT2D eigenvalue weighted by Crippen LogP contribution is -2.24. The third-order valence-corrected chi connectivity index (χ3v) is 6.70. The molecule has 0 amide bonds. The molecule has 0 fully saturated rings. The van der Waals surface area contributed by atoms with Crippen LogP contribution in [0.25, 0.3) is 10.9 Å². The summed E-state index contributed by atoms with van der Waals surface area (Å²) in [6, 6.07) is 32.7. The highest BCUT2D eigenvalue weighted by molar-refractivity contribution is 7.79. The number of para-hydroxylation sites is 1. The molecule has 4 rings (SSSR count). The molecule has 1 heterocycles. The van der Waals surface area contributed by atoms with Crippen molar-refractivity contribution in [3.05, 3.63) is 91.0 Å². The summed E-state index contributed by atoms with van der Waals surface area (Å²) in [5.41, 5.74) is 2.68. The van der Waals surface area contributed by atoms with Gasteiger partial charge in [0.15, 0.2) is 0 Å². The summed E-state index contributed by atoms with van der Waals surface area (Å²) in [5, 5.41) is 4.09. The Balaban J connectivity index is 1.96. The smallest absolute Gasteiger partial charge is 0.0509 e. The van der Waals surface area contributed by atoms with Crippen LogP contribution in [-0.2, 0) is 7.05 Å². The van der Waals surface area contributed by atoms with E-state index in [0.717, 1.165) is 0 Å². The van der Waals surface area contributed by atoms with Crippen LogP contribution in [0.1, 0.15) is 0 Å². The third kappa shape index (κ3) is 2.58. The Morgan fingerprint density at radius 3 is 1.74 bits per heavy atom. The molecule has 2 heteroatoms. The first-order valence-electron chi connectivity index (χ1n) is 7.79. The average molecular weight is 315 g/mol. The molecule has 0 aliphatic rings. The van der Waals surface area contributed by atoms with Crippen LogP contribution in [-0.4, -0.2) is 4.57 Å². The number of benzene rings is 3.